The van der Waals surface area contributed by atoms with Crippen LogP contribution in [0.3, 0.4) is 0 Å². The Kier molecular flexibility index (Phi) is 10.2. The van der Waals surface area contributed by atoms with Gasteiger partial charge in [-0.05, 0) is 38.7 Å². The van der Waals surface area contributed by atoms with Crippen LogP contribution in [-0.2, 0) is 30.5 Å². The van der Waals surface area contributed by atoms with Crippen molar-refractivity contribution in [2.75, 3.05) is 7.05 Å². The van der Waals surface area contributed by atoms with Gasteiger partial charge < -0.3 is 24.8 Å². The number of esters is 1. The monoisotopic (exact) mass is 450 g/mol. The number of nitrogens with one attached hydrogen (secondary N) is 1. The Morgan fingerprint density at radius 2 is 1.69 bits per heavy atom. The molecule has 0 aliphatic carbocycles. The number of hydrogen-bond donors (Lipinski definition) is 2. The Morgan fingerprint density at radius 3 is 2.19 bits per heavy atom. The first-order valence-corrected chi connectivity index (χ1v) is 10.5. The molecule has 1 rings (SSSR count). The molecule has 1 aromatic carbocycles. The van der Waals surface area contributed by atoms with Gasteiger partial charge in [0.2, 0.25) is 5.91 Å². The third-order valence-corrected chi connectivity index (χ3v) is 4.52. The number of rotatable bonds is 10. The molecule has 0 fully saturated rings. The molecular weight excluding hydrogens is 416 g/mol. The van der Waals surface area contributed by atoms with E-state index in [1.54, 1.807) is 34.6 Å². The van der Waals surface area contributed by atoms with E-state index in [9.17, 15) is 24.3 Å². The third-order valence-electron chi connectivity index (χ3n) is 4.52. The first-order valence-electron chi connectivity index (χ1n) is 10.5. The first-order chi connectivity index (χ1) is 14.8. The molecule has 0 aliphatic heterocycles. The van der Waals surface area contributed by atoms with Crippen LogP contribution in [0.1, 0.15) is 53.0 Å². The zero-order chi connectivity index (χ0) is 24.5. The van der Waals surface area contributed by atoms with Gasteiger partial charge in [-0.2, -0.15) is 0 Å². The van der Waals surface area contributed by atoms with Gasteiger partial charge in [0, 0.05) is 13.5 Å². The highest BCUT2D eigenvalue weighted by molar-refractivity contribution is 5.89. The second kappa shape index (κ2) is 12.1. The summed E-state index contributed by atoms with van der Waals surface area (Å²) in [6, 6.07) is 6.89. The number of hydrogen-bond acceptors (Lipinski definition) is 6. The second-order valence-corrected chi connectivity index (χ2v) is 8.86. The molecule has 0 radical (unpaired) electrons. The molecule has 2 amide bonds. The van der Waals surface area contributed by atoms with Crippen molar-refractivity contribution in [1.82, 2.24) is 10.2 Å². The lowest BCUT2D eigenvalue weighted by atomic mass is 10.0. The van der Waals surface area contributed by atoms with Gasteiger partial charge in [0.05, 0.1) is 0 Å². The molecule has 2 atom stereocenters. The van der Waals surface area contributed by atoms with E-state index >= 15 is 0 Å². The van der Waals surface area contributed by atoms with Gasteiger partial charge in [-0.15, -0.1) is 0 Å². The average Bonchev–Trinajstić information content (AvgIpc) is 2.67. The zero-order valence-electron chi connectivity index (χ0n) is 19.6. The van der Waals surface area contributed by atoms with Crippen LogP contribution in [0.2, 0.25) is 0 Å². The minimum Gasteiger partial charge on any atom is -0.480 e. The van der Waals surface area contributed by atoms with Gasteiger partial charge >= 0.3 is 18.0 Å². The van der Waals surface area contributed by atoms with Crippen LogP contribution in [0.5, 0.6) is 0 Å². The maximum Gasteiger partial charge on any atom is 0.408 e. The summed E-state index contributed by atoms with van der Waals surface area (Å²) >= 11 is 0. The first kappa shape index (κ1) is 26.9. The number of ether oxygens (including phenoxy) is 2. The topological polar surface area (TPSA) is 122 Å². The van der Waals surface area contributed by atoms with Crippen molar-refractivity contribution in [2.24, 2.45) is 5.92 Å². The molecule has 0 saturated carbocycles. The lowest BCUT2D eigenvalue weighted by Crippen LogP contribution is -2.54. The van der Waals surface area contributed by atoms with Gasteiger partial charge in [0.15, 0.2) is 0 Å². The minimum atomic E-state index is -1.16. The summed E-state index contributed by atoms with van der Waals surface area (Å²) in [6.07, 6.45) is -1.05. The number of amides is 2. The van der Waals surface area contributed by atoms with Crippen molar-refractivity contribution in [1.29, 1.82) is 0 Å². The van der Waals surface area contributed by atoms with Crippen LogP contribution in [0.15, 0.2) is 30.3 Å². The van der Waals surface area contributed by atoms with Crippen molar-refractivity contribution in [3.05, 3.63) is 35.9 Å². The summed E-state index contributed by atoms with van der Waals surface area (Å²) < 4.78 is 10.4. The van der Waals surface area contributed by atoms with Gasteiger partial charge in [0.1, 0.15) is 24.3 Å². The molecule has 1 aromatic rings. The minimum absolute atomic E-state index is 0.0690. The number of carbonyl (C=O) groups excluding carboxylic acids is 3. The highest BCUT2D eigenvalue weighted by atomic mass is 16.6. The molecule has 9 nitrogen and oxygen atoms in total. The Morgan fingerprint density at radius 1 is 1.09 bits per heavy atom. The van der Waals surface area contributed by atoms with E-state index in [1.807, 2.05) is 30.3 Å². The maximum atomic E-state index is 13.0. The Labute approximate surface area is 189 Å². The molecule has 0 aromatic heterocycles. The van der Waals surface area contributed by atoms with E-state index in [4.69, 9.17) is 9.47 Å². The smallest absolute Gasteiger partial charge is 0.408 e. The number of carboxylic acids is 1. The van der Waals surface area contributed by atoms with Gasteiger partial charge in [0.25, 0.3) is 0 Å². The number of aliphatic carboxylic acids is 1. The van der Waals surface area contributed by atoms with Gasteiger partial charge in [-0.3, -0.25) is 9.59 Å². The second-order valence-electron chi connectivity index (χ2n) is 8.86. The van der Waals surface area contributed by atoms with E-state index in [0.29, 0.717) is 0 Å². The summed E-state index contributed by atoms with van der Waals surface area (Å²) in [5, 5.41) is 12.0. The summed E-state index contributed by atoms with van der Waals surface area (Å²) in [5.74, 6) is -2.69. The van der Waals surface area contributed by atoms with E-state index < -0.39 is 41.6 Å². The molecule has 0 bridgehead atoms. The number of likely N-dealkylation sites (N-methyl/N-ethyl adjacent to an activating group) is 1. The standard InChI is InChI=1S/C23H34N2O7/c1-15(2)19(21(28)29)25(6)20(27)17(24-22(30)32-23(3,4)5)12-13-18(26)31-14-16-10-8-7-9-11-16/h7-11,15,17,19H,12-14H2,1-6H3,(H,24,30)(H,28,29)/t17-,19-/m0/s1. The van der Waals surface area contributed by atoms with Crippen molar-refractivity contribution in [3.8, 4) is 0 Å². The largest absolute Gasteiger partial charge is 0.480 e. The van der Waals surface area contributed by atoms with Crippen molar-refractivity contribution < 1.29 is 33.8 Å². The highest BCUT2D eigenvalue weighted by Gasteiger charge is 2.34. The fraction of sp³-hybridized carbons (Fsp3) is 0.565. The predicted octanol–water partition coefficient (Wildman–Crippen LogP) is 2.97. The van der Waals surface area contributed by atoms with E-state index in [1.165, 1.54) is 7.05 Å². The van der Waals surface area contributed by atoms with Gasteiger partial charge in [-0.1, -0.05) is 44.2 Å². The van der Waals surface area contributed by atoms with E-state index in [0.717, 1.165) is 10.5 Å². The number of carbonyl (C=O) groups is 4. The third kappa shape index (κ3) is 9.36. The maximum absolute atomic E-state index is 13.0. The zero-order valence-corrected chi connectivity index (χ0v) is 19.6. The van der Waals surface area contributed by atoms with Crippen molar-refractivity contribution >= 4 is 23.9 Å². The molecule has 32 heavy (non-hydrogen) atoms. The summed E-state index contributed by atoms with van der Waals surface area (Å²) in [4.78, 5) is 50.2. The number of carboxylic acid groups (broad SMARTS) is 1. The highest BCUT2D eigenvalue weighted by Crippen LogP contribution is 2.14. The van der Waals surface area contributed by atoms with E-state index in [2.05, 4.69) is 5.32 Å². The van der Waals surface area contributed by atoms with Crippen LogP contribution in [0.4, 0.5) is 4.79 Å². The molecule has 0 unspecified atom stereocenters. The molecule has 0 aliphatic rings. The van der Waals surface area contributed by atoms with Crippen LogP contribution >= 0.6 is 0 Å². The Balaban J connectivity index is 2.86. The molecule has 2 N–H and O–H groups in total. The number of alkyl carbamates (subject to hydrolysis) is 1. The van der Waals surface area contributed by atoms with Crippen LogP contribution < -0.4 is 5.32 Å². The van der Waals surface area contributed by atoms with Crippen molar-refractivity contribution in [2.45, 2.75) is 71.8 Å². The summed E-state index contributed by atoms with van der Waals surface area (Å²) in [5.41, 5.74) is 0.0287. The molecule has 0 saturated heterocycles. The summed E-state index contributed by atoms with van der Waals surface area (Å²) in [7, 11) is 1.36. The number of nitrogens with zero attached hydrogens (tertiary/aromatic N) is 1. The average molecular weight is 451 g/mol. The lowest BCUT2D eigenvalue weighted by molar-refractivity contribution is -0.152. The Hall–Kier alpha value is -3.10. The quantitative estimate of drug-likeness (QED) is 0.526. The normalized spacial score (nSPS) is 13.1. The molecule has 0 spiro atoms. The molecular formula is C23H34N2O7. The van der Waals surface area contributed by atoms with Gasteiger partial charge in [-0.25, -0.2) is 9.59 Å². The van der Waals surface area contributed by atoms with Crippen LogP contribution in [0, 0.1) is 5.92 Å². The fourth-order valence-corrected chi connectivity index (χ4v) is 3.06. The Bertz CT molecular complexity index is 787. The molecule has 178 valence electrons. The number of benzene rings is 1. The van der Waals surface area contributed by atoms with Crippen molar-refractivity contribution in [3.63, 3.8) is 0 Å². The lowest BCUT2D eigenvalue weighted by Gasteiger charge is -2.31. The summed E-state index contributed by atoms with van der Waals surface area (Å²) in [6.45, 7) is 8.48. The SMILES string of the molecule is CC(C)[C@@H](C(=O)O)N(C)C(=O)[C@H](CCC(=O)OCc1ccccc1)NC(=O)OC(C)(C)C. The van der Waals surface area contributed by atoms with Crippen LogP contribution in [0.25, 0.3) is 0 Å². The fourth-order valence-electron chi connectivity index (χ4n) is 3.06. The predicted molar refractivity (Wildman–Crippen MR) is 118 cm³/mol. The van der Waals surface area contributed by atoms with Crippen LogP contribution in [-0.4, -0.2) is 58.7 Å². The molecule has 0 heterocycles. The molecule has 9 heteroatoms. The van der Waals surface area contributed by atoms with E-state index in [-0.39, 0.29) is 25.4 Å².